The van der Waals surface area contributed by atoms with Crippen molar-refractivity contribution in [2.75, 3.05) is 11.9 Å². The van der Waals surface area contributed by atoms with Crippen molar-refractivity contribution in [2.24, 2.45) is 0 Å². The zero-order chi connectivity index (χ0) is 16.9. The molecule has 122 valence electrons. The molecule has 0 aliphatic carbocycles. The SMILES string of the molecule is O=C(/C=C/c1ccc(I)o1)Nc1ccc(OCC(F)(F)F)cc1. The van der Waals surface area contributed by atoms with Crippen LogP contribution >= 0.6 is 22.6 Å². The van der Waals surface area contributed by atoms with Crippen LogP contribution in [0.3, 0.4) is 0 Å². The third-order valence-electron chi connectivity index (χ3n) is 2.52. The molecule has 1 aromatic heterocycles. The molecule has 0 atom stereocenters. The predicted octanol–water partition coefficient (Wildman–Crippen LogP) is 4.48. The monoisotopic (exact) mass is 437 g/mol. The lowest BCUT2D eigenvalue weighted by Gasteiger charge is -2.09. The molecule has 0 aliphatic rings. The first-order valence-corrected chi connectivity index (χ1v) is 7.44. The Balaban J connectivity index is 1.87. The number of benzene rings is 1. The van der Waals surface area contributed by atoms with Crippen LogP contribution in [0.1, 0.15) is 5.76 Å². The summed E-state index contributed by atoms with van der Waals surface area (Å²) in [5.41, 5.74) is 0.438. The topological polar surface area (TPSA) is 51.5 Å². The Morgan fingerprint density at radius 1 is 1.22 bits per heavy atom. The highest BCUT2D eigenvalue weighted by atomic mass is 127. The van der Waals surface area contributed by atoms with E-state index in [1.165, 1.54) is 36.4 Å². The van der Waals surface area contributed by atoms with E-state index in [-0.39, 0.29) is 11.7 Å². The van der Waals surface area contributed by atoms with Gasteiger partial charge in [-0.05, 0) is 65.1 Å². The Hall–Kier alpha value is -1.97. The molecule has 2 rings (SSSR count). The first kappa shape index (κ1) is 17.4. The maximum absolute atomic E-state index is 12.0. The number of amides is 1. The summed E-state index contributed by atoms with van der Waals surface area (Å²) in [5, 5.41) is 2.57. The smallest absolute Gasteiger partial charge is 0.422 e. The molecule has 1 N–H and O–H groups in total. The van der Waals surface area contributed by atoms with E-state index in [0.29, 0.717) is 15.2 Å². The molecule has 4 nitrogen and oxygen atoms in total. The van der Waals surface area contributed by atoms with Gasteiger partial charge < -0.3 is 14.5 Å². The quantitative estimate of drug-likeness (QED) is 0.555. The van der Waals surface area contributed by atoms with Crippen LogP contribution in [0.25, 0.3) is 6.08 Å². The van der Waals surface area contributed by atoms with E-state index in [2.05, 4.69) is 10.1 Å². The van der Waals surface area contributed by atoms with Gasteiger partial charge in [0.15, 0.2) is 10.4 Å². The Kier molecular flexibility index (Phi) is 5.69. The molecule has 23 heavy (non-hydrogen) atoms. The van der Waals surface area contributed by atoms with Crippen molar-refractivity contribution in [3.05, 3.63) is 52.0 Å². The van der Waals surface area contributed by atoms with Crippen molar-refractivity contribution in [3.8, 4) is 5.75 Å². The van der Waals surface area contributed by atoms with Crippen LogP contribution in [0.5, 0.6) is 5.75 Å². The summed E-state index contributed by atoms with van der Waals surface area (Å²) < 4.78 is 46.6. The summed E-state index contributed by atoms with van der Waals surface area (Å²) in [6.45, 7) is -1.36. The van der Waals surface area contributed by atoms with E-state index < -0.39 is 12.8 Å². The molecular weight excluding hydrogens is 426 g/mol. The van der Waals surface area contributed by atoms with Gasteiger partial charge >= 0.3 is 6.18 Å². The molecule has 1 heterocycles. The van der Waals surface area contributed by atoms with Crippen molar-refractivity contribution < 1.29 is 27.1 Å². The van der Waals surface area contributed by atoms with E-state index in [9.17, 15) is 18.0 Å². The molecule has 8 heteroatoms. The highest BCUT2D eigenvalue weighted by Gasteiger charge is 2.28. The second-order valence-electron chi connectivity index (χ2n) is 4.39. The molecule has 0 fully saturated rings. The number of halogens is 4. The molecule has 0 aliphatic heterocycles. The highest BCUT2D eigenvalue weighted by molar-refractivity contribution is 14.1. The Morgan fingerprint density at radius 2 is 1.91 bits per heavy atom. The Morgan fingerprint density at radius 3 is 2.48 bits per heavy atom. The molecule has 2 aromatic rings. The van der Waals surface area contributed by atoms with E-state index in [0.717, 1.165) is 0 Å². The van der Waals surface area contributed by atoms with Crippen LogP contribution in [0.2, 0.25) is 0 Å². The lowest BCUT2D eigenvalue weighted by Crippen LogP contribution is -2.19. The Bertz CT molecular complexity index is 693. The average Bonchev–Trinajstić information content (AvgIpc) is 2.89. The number of anilines is 1. The van der Waals surface area contributed by atoms with Gasteiger partial charge in [-0.25, -0.2) is 0 Å². The fraction of sp³-hybridized carbons (Fsp3) is 0.133. The number of rotatable bonds is 5. The summed E-state index contributed by atoms with van der Waals surface area (Å²) in [7, 11) is 0. The van der Waals surface area contributed by atoms with Crippen molar-refractivity contribution >= 4 is 40.3 Å². The number of carbonyl (C=O) groups is 1. The fourth-order valence-corrected chi connectivity index (χ4v) is 1.99. The minimum absolute atomic E-state index is 0.0704. The van der Waals surface area contributed by atoms with Gasteiger partial charge in [0.25, 0.3) is 0 Å². The third-order valence-corrected chi connectivity index (χ3v) is 3.10. The fourth-order valence-electron chi connectivity index (χ4n) is 1.56. The highest BCUT2D eigenvalue weighted by Crippen LogP contribution is 2.20. The van der Waals surface area contributed by atoms with Crippen LogP contribution in [0, 0.1) is 3.77 Å². The van der Waals surface area contributed by atoms with E-state index in [1.807, 2.05) is 22.6 Å². The summed E-state index contributed by atoms with van der Waals surface area (Å²) in [6.07, 6.45) is -1.58. The van der Waals surface area contributed by atoms with Gasteiger partial charge in [-0.2, -0.15) is 13.2 Å². The molecule has 0 saturated heterocycles. The average molecular weight is 437 g/mol. The van der Waals surface area contributed by atoms with Crippen molar-refractivity contribution in [1.29, 1.82) is 0 Å². The second-order valence-corrected chi connectivity index (χ2v) is 5.46. The van der Waals surface area contributed by atoms with Crippen LogP contribution < -0.4 is 10.1 Å². The van der Waals surface area contributed by atoms with Crippen LogP contribution in [0.15, 0.2) is 46.9 Å². The maximum Gasteiger partial charge on any atom is 0.422 e. The normalized spacial score (nSPS) is 11.7. The maximum atomic E-state index is 12.0. The van der Waals surface area contributed by atoms with Crippen LogP contribution in [0.4, 0.5) is 18.9 Å². The molecule has 0 unspecified atom stereocenters. The number of carbonyl (C=O) groups excluding carboxylic acids is 1. The summed E-state index contributed by atoms with van der Waals surface area (Å²) >= 11 is 2.01. The van der Waals surface area contributed by atoms with Crippen LogP contribution in [-0.2, 0) is 4.79 Å². The molecule has 1 aromatic carbocycles. The minimum Gasteiger partial charge on any atom is -0.484 e. The molecular formula is C15H11F3INO3. The largest absolute Gasteiger partial charge is 0.484 e. The number of hydrogen-bond acceptors (Lipinski definition) is 3. The molecule has 0 spiro atoms. The number of ether oxygens (including phenoxy) is 1. The van der Waals surface area contributed by atoms with Gasteiger partial charge in [0, 0.05) is 11.8 Å². The van der Waals surface area contributed by atoms with Gasteiger partial charge in [-0.15, -0.1) is 0 Å². The molecule has 0 bridgehead atoms. The van der Waals surface area contributed by atoms with Crippen molar-refractivity contribution in [1.82, 2.24) is 0 Å². The number of furan rings is 1. The van der Waals surface area contributed by atoms with E-state index in [1.54, 1.807) is 12.1 Å². The van der Waals surface area contributed by atoms with E-state index in [4.69, 9.17) is 4.42 Å². The third kappa shape index (κ3) is 6.35. The van der Waals surface area contributed by atoms with Gasteiger partial charge in [-0.3, -0.25) is 4.79 Å². The zero-order valence-corrected chi connectivity index (χ0v) is 13.7. The lowest BCUT2D eigenvalue weighted by atomic mass is 10.3. The predicted molar refractivity (Wildman–Crippen MR) is 87.1 cm³/mol. The number of nitrogens with one attached hydrogen (secondary N) is 1. The minimum atomic E-state index is -4.39. The lowest BCUT2D eigenvalue weighted by molar-refractivity contribution is -0.153. The van der Waals surface area contributed by atoms with Gasteiger partial charge in [0.2, 0.25) is 5.91 Å². The Labute approximate surface area is 143 Å². The first-order valence-electron chi connectivity index (χ1n) is 6.36. The summed E-state index contributed by atoms with van der Waals surface area (Å²) in [6, 6.07) is 9.08. The van der Waals surface area contributed by atoms with Gasteiger partial charge in [-0.1, -0.05) is 0 Å². The van der Waals surface area contributed by atoms with Gasteiger partial charge in [0.1, 0.15) is 11.5 Å². The first-order chi connectivity index (χ1) is 10.8. The zero-order valence-electron chi connectivity index (χ0n) is 11.6. The standard InChI is InChI=1S/C15H11F3INO3/c16-15(17,18)9-22-11-3-1-10(2-4-11)20-14(21)8-6-12-5-7-13(19)23-12/h1-8H,9H2,(H,20,21)/b8-6+. The molecule has 0 radical (unpaired) electrons. The van der Waals surface area contributed by atoms with Crippen molar-refractivity contribution in [2.45, 2.75) is 6.18 Å². The van der Waals surface area contributed by atoms with Crippen LogP contribution in [-0.4, -0.2) is 18.7 Å². The second kappa shape index (κ2) is 7.53. The van der Waals surface area contributed by atoms with Crippen molar-refractivity contribution in [3.63, 3.8) is 0 Å². The summed E-state index contributed by atoms with van der Waals surface area (Å²) in [4.78, 5) is 11.7. The number of alkyl halides is 3. The number of hydrogen-bond donors (Lipinski definition) is 1. The molecule has 0 saturated carbocycles. The van der Waals surface area contributed by atoms with Gasteiger partial charge in [0.05, 0.1) is 0 Å². The summed E-state index contributed by atoms with van der Waals surface area (Å²) in [5.74, 6) is 0.224. The van der Waals surface area contributed by atoms with E-state index >= 15 is 0 Å². The molecule has 1 amide bonds.